The predicted molar refractivity (Wildman–Crippen MR) is 87.7 cm³/mol. The Labute approximate surface area is 137 Å². The van der Waals surface area contributed by atoms with Crippen LogP contribution in [0.3, 0.4) is 0 Å². The van der Waals surface area contributed by atoms with Crippen molar-refractivity contribution in [3.8, 4) is 5.75 Å². The zero-order valence-electron chi connectivity index (χ0n) is 11.4. The number of aryl methyl sites for hydroxylation is 1. The van der Waals surface area contributed by atoms with E-state index in [9.17, 15) is 8.42 Å². The molecule has 0 aliphatic carbocycles. The molecular formula is C14H13BrClNO3S. The van der Waals surface area contributed by atoms with Crippen molar-refractivity contribution in [2.45, 2.75) is 11.8 Å². The van der Waals surface area contributed by atoms with Crippen molar-refractivity contribution in [3.63, 3.8) is 0 Å². The van der Waals surface area contributed by atoms with Crippen LogP contribution < -0.4 is 9.46 Å². The summed E-state index contributed by atoms with van der Waals surface area (Å²) >= 11 is 9.31. The molecule has 0 saturated heterocycles. The van der Waals surface area contributed by atoms with Crippen LogP contribution in [0.15, 0.2) is 45.8 Å². The Hall–Kier alpha value is -1.24. The highest BCUT2D eigenvalue weighted by Crippen LogP contribution is 2.31. The van der Waals surface area contributed by atoms with E-state index in [1.165, 1.54) is 13.2 Å². The molecular weight excluding hydrogens is 378 g/mol. The van der Waals surface area contributed by atoms with Gasteiger partial charge in [0.05, 0.1) is 17.8 Å². The molecule has 0 aliphatic rings. The van der Waals surface area contributed by atoms with Crippen LogP contribution in [0.25, 0.3) is 0 Å². The monoisotopic (exact) mass is 389 g/mol. The van der Waals surface area contributed by atoms with Crippen molar-refractivity contribution in [3.05, 3.63) is 51.5 Å². The molecule has 0 aliphatic heterocycles. The second kappa shape index (κ2) is 6.25. The first-order chi connectivity index (χ1) is 9.83. The maximum atomic E-state index is 12.5. The normalized spacial score (nSPS) is 11.2. The molecule has 21 heavy (non-hydrogen) atoms. The smallest absolute Gasteiger partial charge is 0.265 e. The van der Waals surface area contributed by atoms with Crippen molar-refractivity contribution in [1.29, 1.82) is 0 Å². The zero-order chi connectivity index (χ0) is 15.6. The van der Waals surface area contributed by atoms with E-state index in [0.29, 0.717) is 15.2 Å². The minimum Gasteiger partial charge on any atom is -0.495 e. The molecule has 0 bridgehead atoms. The standard InChI is InChI=1S/C14H13BrClNO3S/c1-9-3-5-12(11(16)7-9)17-21(18,19)14-8-10(15)4-6-13(14)20-2/h3-8,17H,1-2H3. The second-order valence-electron chi connectivity index (χ2n) is 4.38. The molecule has 7 heteroatoms. The summed E-state index contributed by atoms with van der Waals surface area (Å²) in [5.41, 5.74) is 1.27. The Kier molecular flexibility index (Phi) is 4.81. The quantitative estimate of drug-likeness (QED) is 0.850. The van der Waals surface area contributed by atoms with Gasteiger partial charge in [-0.25, -0.2) is 8.42 Å². The minimum atomic E-state index is -3.80. The topological polar surface area (TPSA) is 55.4 Å². The van der Waals surface area contributed by atoms with Crippen LogP contribution in [0.1, 0.15) is 5.56 Å². The molecule has 1 N–H and O–H groups in total. The van der Waals surface area contributed by atoms with Crippen molar-refractivity contribution in [2.24, 2.45) is 0 Å². The van der Waals surface area contributed by atoms with Gasteiger partial charge < -0.3 is 4.74 Å². The SMILES string of the molecule is COc1ccc(Br)cc1S(=O)(=O)Nc1ccc(C)cc1Cl. The fourth-order valence-electron chi connectivity index (χ4n) is 1.76. The molecule has 0 radical (unpaired) electrons. The third-order valence-corrected chi connectivity index (χ3v) is 4.98. The van der Waals surface area contributed by atoms with Gasteiger partial charge in [-0.15, -0.1) is 0 Å². The van der Waals surface area contributed by atoms with Gasteiger partial charge in [0, 0.05) is 4.47 Å². The van der Waals surface area contributed by atoms with E-state index < -0.39 is 10.0 Å². The molecule has 0 unspecified atom stereocenters. The van der Waals surface area contributed by atoms with Crippen LogP contribution in [-0.4, -0.2) is 15.5 Å². The maximum absolute atomic E-state index is 12.5. The van der Waals surface area contributed by atoms with Gasteiger partial charge in [-0.3, -0.25) is 4.72 Å². The van der Waals surface area contributed by atoms with Gasteiger partial charge in [-0.1, -0.05) is 33.6 Å². The molecule has 2 rings (SSSR count). The van der Waals surface area contributed by atoms with Gasteiger partial charge in [0.15, 0.2) is 0 Å². The van der Waals surface area contributed by atoms with E-state index in [-0.39, 0.29) is 10.6 Å². The van der Waals surface area contributed by atoms with Gasteiger partial charge in [0.25, 0.3) is 10.0 Å². The van der Waals surface area contributed by atoms with E-state index in [0.717, 1.165) is 5.56 Å². The average Bonchev–Trinajstić information content (AvgIpc) is 2.42. The Morgan fingerprint density at radius 3 is 2.52 bits per heavy atom. The number of ether oxygens (including phenoxy) is 1. The van der Waals surface area contributed by atoms with E-state index in [2.05, 4.69) is 20.7 Å². The van der Waals surface area contributed by atoms with E-state index in [4.69, 9.17) is 16.3 Å². The number of hydrogen-bond donors (Lipinski definition) is 1. The first-order valence-corrected chi connectivity index (χ1v) is 8.61. The number of halogens is 2. The van der Waals surface area contributed by atoms with Crippen LogP contribution in [-0.2, 0) is 10.0 Å². The van der Waals surface area contributed by atoms with Crippen LogP contribution >= 0.6 is 27.5 Å². The van der Waals surface area contributed by atoms with Gasteiger partial charge >= 0.3 is 0 Å². The van der Waals surface area contributed by atoms with Crippen molar-refractivity contribution >= 4 is 43.2 Å². The summed E-state index contributed by atoms with van der Waals surface area (Å²) in [4.78, 5) is 0.0380. The lowest BCUT2D eigenvalue weighted by molar-refractivity contribution is 0.403. The van der Waals surface area contributed by atoms with Crippen LogP contribution in [0.2, 0.25) is 5.02 Å². The number of sulfonamides is 1. The fourth-order valence-corrected chi connectivity index (χ4v) is 3.89. The largest absolute Gasteiger partial charge is 0.495 e. The molecule has 0 heterocycles. The number of hydrogen-bond acceptors (Lipinski definition) is 3. The third kappa shape index (κ3) is 3.70. The lowest BCUT2D eigenvalue weighted by Crippen LogP contribution is -2.14. The summed E-state index contributed by atoms with van der Waals surface area (Å²) in [6.07, 6.45) is 0. The highest BCUT2D eigenvalue weighted by molar-refractivity contribution is 9.10. The Morgan fingerprint density at radius 1 is 1.19 bits per heavy atom. The summed E-state index contributed by atoms with van der Waals surface area (Å²) in [7, 11) is -2.39. The highest BCUT2D eigenvalue weighted by atomic mass is 79.9. The first-order valence-electron chi connectivity index (χ1n) is 5.96. The van der Waals surface area contributed by atoms with Crippen molar-refractivity contribution in [2.75, 3.05) is 11.8 Å². The molecule has 0 fully saturated rings. The van der Waals surface area contributed by atoms with Crippen molar-refractivity contribution < 1.29 is 13.2 Å². The maximum Gasteiger partial charge on any atom is 0.265 e. The van der Waals surface area contributed by atoms with Gasteiger partial charge in [0.1, 0.15) is 10.6 Å². The number of anilines is 1. The van der Waals surface area contributed by atoms with Crippen LogP contribution in [0.5, 0.6) is 5.75 Å². The molecule has 0 amide bonds. The van der Waals surface area contributed by atoms with Crippen molar-refractivity contribution in [1.82, 2.24) is 0 Å². The number of nitrogens with one attached hydrogen (secondary N) is 1. The summed E-state index contributed by atoms with van der Waals surface area (Å²) in [6, 6.07) is 9.86. The summed E-state index contributed by atoms with van der Waals surface area (Å²) in [6.45, 7) is 1.88. The summed E-state index contributed by atoms with van der Waals surface area (Å²) in [5, 5.41) is 0.340. The van der Waals surface area contributed by atoms with E-state index in [1.54, 1.807) is 30.3 Å². The molecule has 2 aromatic rings. The minimum absolute atomic E-state index is 0.0380. The van der Waals surface area contributed by atoms with Gasteiger partial charge in [-0.05, 0) is 42.8 Å². The molecule has 2 aromatic carbocycles. The van der Waals surface area contributed by atoms with Crippen LogP contribution in [0.4, 0.5) is 5.69 Å². The summed E-state index contributed by atoms with van der Waals surface area (Å²) < 4.78 is 33.2. The molecule has 0 spiro atoms. The van der Waals surface area contributed by atoms with Gasteiger partial charge in [0.2, 0.25) is 0 Å². The average molecular weight is 391 g/mol. The first kappa shape index (κ1) is 16.1. The lowest BCUT2D eigenvalue weighted by Gasteiger charge is -2.13. The highest BCUT2D eigenvalue weighted by Gasteiger charge is 2.21. The molecule has 0 aromatic heterocycles. The molecule has 4 nitrogen and oxygen atoms in total. The molecule has 112 valence electrons. The van der Waals surface area contributed by atoms with E-state index in [1.807, 2.05) is 6.92 Å². The lowest BCUT2D eigenvalue weighted by atomic mass is 10.2. The Morgan fingerprint density at radius 2 is 1.90 bits per heavy atom. The second-order valence-corrected chi connectivity index (χ2v) is 7.36. The van der Waals surface area contributed by atoms with Gasteiger partial charge in [-0.2, -0.15) is 0 Å². The number of methoxy groups -OCH3 is 1. The third-order valence-electron chi connectivity index (χ3n) is 2.78. The zero-order valence-corrected chi connectivity index (χ0v) is 14.5. The molecule has 0 atom stereocenters. The number of benzene rings is 2. The summed E-state index contributed by atoms with van der Waals surface area (Å²) in [5.74, 6) is 0.258. The molecule has 0 saturated carbocycles. The van der Waals surface area contributed by atoms with Crippen LogP contribution in [0, 0.1) is 6.92 Å². The fraction of sp³-hybridized carbons (Fsp3) is 0.143. The number of rotatable bonds is 4. The Balaban J connectivity index is 2.45. The van der Waals surface area contributed by atoms with E-state index >= 15 is 0 Å². The Bertz CT molecular complexity index is 778. The predicted octanol–water partition coefficient (Wildman–Crippen LogP) is 4.22.